The first-order chi connectivity index (χ1) is 10.3. The standard InChI is InChI=1S/C20H25N/c1-15(2)8-7-13-21-20-18-11-5-3-9-16(18)14-17-10-4-6-12-19(17)20/h3-6,9-12,15,20-21H,7-8,13-14H2,1-2H3. The van der Waals surface area contributed by atoms with Gasteiger partial charge in [-0.3, -0.25) is 0 Å². The number of hydrogen-bond donors (Lipinski definition) is 1. The highest BCUT2D eigenvalue weighted by Gasteiger charge is 2.24. The van der Waals surface area contributed by atoms with Gasteiger partial charge in [0.15, 0.2) is 0 Å². The molecule has 21 heavy (non-hydrogen) atoms. The van der Waals surface area contributed by atoms with Gasteiger partial charge < -0.3 is 5.32 Å². The van der Waals surface area contributed by atoms with E-state index in [2.05, 4.69) is 67.7 Å². The smallest absolute Gasteiger partial charge is 0.0582 e. The third-order valence-corrected chi connectivity index (χ3v) is 4.42. The summed E-state index contributed by atoms with van der Waals surface area (Å²) < 4.78 is 0. The lowest BCUT2D eigenvalue weighted by atomic mass is 9.82. The van der Waals surface area contributed by atoms with Crippen LogP contribution < -0.4 is 5.32 Å². The van der Waals surface area contributed by atoms with E-state index in [1.54, 1.807) is 0 Å². The molecular formula is C20H25N. The van der Waals surface area contributed by atoms with Crippen LogP contribution in [0, 0.1) is 5.92 Å². The second-order valence-corrected chi connectivity index (χ2v) is 6.50. The van der Waals surface area contributed by atoms with Crippen molar-refractivity contribution in [3.05, 3.63) is 70.8 Å². The van der Waals surface area contributed by atoms with Gasteiger partial charge in [0, 0.05) is 0 Å². The summed E-state index contributed by atoms with van der Waals surface area (Å²) in [6, 6.07) is 18.1. The van der Waals surface area contributed by atoms with E-state index in [1.807, 2.05) is 0 Å². The predicted molar refractivity (Wildman–Crippen MR) is 89.6 cm³/mol. The van der Waals surface area contributed by atoms with Crippen LogP contribution in [0.2, 0.25) is 0 Å². The average molecular weight is 279 g/mol. The van der Waals surface area contributed by atoms with Crippen molar-refractivity contribution in [3.8, 4) is 0 Å². The van der Waals surface area contributed by atoms with Gasteiger partial charge in [0.2, 0.25) is 0 Å². The molecule has 0 saturated carbocycles. The van der Waals surface area contributed by atoms with Crippen molar-refractivity contribution in [1.82, 2.24) is 5.32 Å². The van der Waals surface area contributed by atoms with Gasteiger partial charge in [-0.15, -0.1) is 0 Å². The SMILES string of the molecule is CC(C)CCCNC1c2ccccc2Cc2ccccc21. The Morgan fingerprint density at radius 2 is 1.52 bits per heavy atom. The number of nitrogens with one attached hydrogen (secondary N) is 1. The van der Waals surface area contributed by atoms with E-state index in [9.17, 15) is 0 Å². The van der Waals surface area contributed by atoms with Crippen molar-refractivity contribution < 1.29 is 0 Å². The minimum absolute atomic E-state index is 0.360. The van der Waals surface area contributed by atoms with Crippen molar-refractivity contribution in [3.63, 3.8) is 0 Å². The first-order valence-electron chi connectivity index (χ1n) is 8.14. The molecule has 0 unspecified atom stereocenters. The Morgan fingerprint density at radius 3 is 2.10 bits per heavy atom. The molecule has 0 spiro atoms. The largest absolute Gasteiger partial charge is 0.306 e. The molecule has 3 rings (SSSR count). The summed E-state index contributed by atoms with van der Waals surface area (Å²) >= 11 is 0. The summed E-state index contributed by atoms with van der Waals surface area (Å²) in [7, 11) is 0. The second-order valence-electron chi connectivity index (χ2n) is 6.50. The monoisotopic (exact) mass is 279 g/mol. The van der Waals surface area contributed by atoms with Crippen LogP contribution >= 0.6 is 0 Å². The fourth-order valence-electron chi connectivity index (χ4n) is 3.30. The summed E-state index contributed by atoms with van der Waals surface area (Å²) in [4.78, 5) is 0. The molecule has 0 amide bonds. The van der Waals surface area contributed by atoms with Crippen molar-refractivity contribution >= 4 is 0 Å². The maximum Gasteiger partial charge on any atom is 0.0582 e. The Hall–Kier alpha value is -1.60. The zero-order valence-electron chi connectivity index (χ0n) is 13.1. The van der Waals surface area contributed by atoms with Gasteiger partial charge in [-0.25, -0.2) is 0 Å². The topological polar surface area (TPSA) is 12.0 Å². The fraction of sp³-hybridized carbons (Fsp3) is 0.400. The van der Waals surface area contributed by atoms with Gasteiger partial charge in [-0.05, 0) is 54.0 Å². The Morgan fingerprint density at radius 1 is 0.952 bits per heavy atom. The molecule has 1 nitrogen and oxygen atoms in total. The zero-order valence-corrected chi connectivity index (χ0v) is 13.1. The molecule has 110 valence electrons. The number of fused-ring (bicyclic) bond motifs is 2. The summed E-state index contributed by atoms with van der Waals surface area (Å²) in [6.07, 6.45) is 3.61. The lowest BCUT2D eigenvalue weighted by molar-refractivity contribution is 0.504. The molecule has 1 aliphatic rings. The summed E-state index contributed by atoms with van der Waals surface area (Å²) in [5, 5.41) is 3.79. The number of hydrogen-bond acceptors (Lipinski definition) is 1. The summed E-state index contributed by atoms with van der Waals surface area (Å²) in [6.45, 7) is 5.68. The van der Waals surface area contributed by atoms with Gasteiger partial charge in [0.1, 0.15) is 0 Å². The van der Waals surface area contributed by atoms with Gasteiger partial charge >= 0.3 is 0 Å². The molecule has 0 heterocycles. The lowest BCUT2D eigenvalue weighted by Gasteiger charge is -2.29. The Bertz CT molecular complexity index is 555. The van der Waals surface area contributed by atoms with Crippen LogP contribution in [-0.4, -0.2) is 6.54 Å². The van der Waals surface area contributed by atoms with E-state index >= 15 is 0 Å². The van der Waals surface area contributed by atoms with Gasteiger partial charge in [0.05, 0.1) is 6.04 Å². The van der Waals surface area contributed by atoms with E-state index in [1.165, 1.54) is 35.1 Å². The van der Waals surface area contributed by atoms with E-state index in [0.29, 0.717) is 6.04 Å². The molecular weight excluding hydrogens is 254 g/mol. The van der Waals surface area contributed by atoms with Gasteiger partial charge in [-0.1, -0.05) is 62.4 Å². The van der Waals surface area contributed by atoms with Crippen molar-refractivity contribution in [2.45, 2.75) is 39.2 Å². The summed E-state index contributed by atoms with van der Waals surface area (Å²) in [5.41, 5.74) is 5.86. The molecule has 2 aromatic carbocycles. The molecule has 2 aromatic rings. The fourth-order valence-corrected chi connectivity index (χ4v) is 3.30. The van der Waals surface area contributed by atoms with E-state index in [4.69, 9.17) is 0 Å². The third kappa shape index (κ3) is 3.19. The number of benzene rings is 2. The van der Waals surface area contributed by atoms with Gasteiger partial charge in [-0.2, -0.15) is 0 Å². The van der Waals surface area contributed by atoms with E-state index < -0.39 is 0 Å². The molecule has 1 aliphatic carbocycles. The highest BCUT2D eigenvalue weighted by atomic mass is 14.9. The maximum absolute atomic E-state index is 3.79. The minimum Gasteiger partial charge on any atom is -0.306 e. The lowest BCUT2D eigenvalue weighted by Crippen LogP contribution is -2.28. The van der Waals surface area contributed by atoms with Crippen molar-refractivity contribution in [2.24, 2.45) is 5.92 Å². The van der Waals surface area contributed by atoms with E-state index in [0.717, 1.165) is 18.9 Å². The van der Waals surface area contributed by atoms with Gasteiger partial charge in [0.25, 0.3) is 0 Å². The molecule has 0 radical (unpaired) electrons. The molecule has 0 fully saturated rings. The molecule has 0 aliphatic heterocycles. The highest BCUT2D eigenvalue weighted by Crippen LogP contribution is 2.34. The van der Waals surface area contributed by atoms with Crippen LogP contribution in [0.25, 0.3) is 0 Å². The van der Waals surface area contributed by atoms with Crippen molar-refractivity contribution in [1.29, 1.82) is 0 Å². The highest BCUT2D eigenvalue weighted by molar-refractivity contribution is 5.48. The molecule has 0 saturated heterocycles. The van der Waals surface area contributed by atoms with Crippen LogP contribution in [-0.2, 0) is 6.42 Å². The zero-order chi connectivity index (χ0) is 14.7. The molecule has 0 aromatic heterocycles. The van der Waals surface area contributed by atoms with Crippen molar-refractivity contribution in [2.75, 3.05) is 6.54 Å². The molecule has 0 bridgehead atoms. The Labute approximate surface area is 128 Å². The number of rotatable bonds is 5. The van der Waals surface area contributed by atoms with Crippen LogP contribution in [0.15, 0.2) is 48.5 Å². The van der Waals surface area contributed by atoms with Crippen LogP contribution in [0.3, 0.4) is 0 Å². The normalized spacial score (nSPS) is 14.0. The first-order valence-corrected chi connectivity index (χ1v) is 8.14. The predicted octanol–water partition coefficient (Wildman–Crippen LogP) is 4.71. The second kappa shape index (κ2) is 6.44. The van der Waals surface area contributed by atoms with Crippen LogP contribution in [0.1, 0.15) is 55.0 Å². The Kier molecular flexibility index (Phi) is 4.40. The Balaban J connectivity index is 1.81. The van der Waals surface area contributed by atoms with Crippen LogP contribution in [0.5, 0.6) is 0 Å². The quantitative estimate of drug-likeness (QED) is 0.782. The molecule has 1 heteroatoms. The van der Waals surface area contributed by atoms with Crippen LogP contribution in [0.4, 0.5) is 0 Å². The summed E-state index contributed by atoms with van der Waals surface area (Å²) in [5.74, 6) is 0.790. The molecule has 1 N–H and O–H groups in total. The average Bonchev–Trinajstić information content (AvgIpc) is 2.50. The third-order valence-electron chi connectivity index (χ3n) is 4.42. The minimum atomic E-state index is 0.360. The van der Waals surface area contributed by atoms with E-state index in [-0.39, 0.29) is 0 Å². The first kappa shape index (κ1) is 14.3. The molecule has 0 atom stereocenters. The maximum atomic E-state index is 3.79.